The van der Waals surface area contributed by atoms with Crippen molar-refractivity contribution in [2.75, 3.05) is 4.90 Å². The van der Waals surface area contributed by atoms with E-state index in [1.54, 1.807) is 6.20 Å². The van der Waals surface area contributed by atoms with Gasteiger partial charge in [-0.25, -0.2) is 4.98 Å². The largest absolute Gasteiger partial charge is 0.350 e. The summed E-state index contributed by atoms with van der Waals surface area (Å²) < 4.78 is 0. The molecule has 0 aliphatic heterocycles. The number of rotatable bonds is 7. The molecule has 0 bridgehead atoms. The molecular weight excluding hydrogens is 458 g/mol. The first kappa shape index (κ1) is 22.4. The summed E-state index contributed by atoms with van der Waals surface area (Å²) >= 11 is 1.41. The number of amides is 2. The number of benzene rings is 2. The molecular formula is C27H21N5O2S. The Hall–Kier alpha value is -4.43. The number of para-hydroxylation sites is 1. The maximum Gasteiger partial charge on any atom is 0.279 e. The topological polar surface area (TPSA) is 88.1 Å². The van der Waals surface area contributed by atoms with Gasteiger partial charge in [-0.05, 0) is 29.1 Å². The van der Waals surface area contributed by atoms with Crippen LogP contribution in [0.15, 0.2) is 103 Å². The van der Waals surface area contributed by atoms with E-state index in [2.05, 4.69) is 20.3 Å². The van der Waals surface area contributed by atoms with Crippen molar-refractivity contribution in [3.05, 3.63) is 119 Å². The molecule has 7 nitrogen and oxygen atoms in total. The molecule has 172 valence electrons. The van der Waals surface area contributed by atoms with Crippen molar-refractivity contribution in [3.63, 3.8) is 0 Å². The molecule has 0 aliphatic carbocycles. The molecule has 0 fully saturated rings. The summed E-state index contributed by atoms with van der Waals surface area (Å²) in [4.78, 5) is 42.5. The van der Waals surface area contributed by atoms with Gasteiger partial charge in [0.05, 0.1) is 23.6 Å². The van der Waals surface area contributed by atoms with Crippen LogP contribution in [0.4, 0.5) is 5.69 Å². The van der Waals surface area contributed by atoms with Crippen LogP contribution >= 0.6 is 11.3 Å². The molecule has 3 heterocycles. The summed E-state index contributed by atoms with van der Waals surface area (Å²) in [5, 5.41) is 5.74. The second-order valence-corrected chi connectivity index (χ2v) is 8.75. The molecule has 0 radical (unpaired) electrons. The van der Waals surface area contributed by atoms with E-state index in [1.807, 2.05) is 78.2 Å². The normalized spacial score (nSPS) is 11.7. The fraction of sp³-hybridized carbons (Fsp3) is 0.0741. The number of nitrogens with zero attached hydrogens (tertiary/aromatic N) is 4. The molecule has 35 heavy (non-hydrogen) atoms. The molecule has 5 aromatic rings. The van der Waals surface area contributed by atoms with Gasteiger partial charge in [0.1, 0.15) is 5.69 Å². The Kier molecular flexibility index (Phi) is 6.54. The van der Waals surface area contributed by atoms with Gasteiger partial charge in [0.25, 0.3) is 5.91 Å². The average molecular weight is 480 g/mol. The number of carbonyl (C=O) groups excluding carboxylic acids is 2. The number of carbonyl (C=O) groups is 2. The third kappa shape index (κ3) is 4.92. The smallest absolute Gasteiger partial charge is 0.279 e. The molecule has 0 saturated heterocycles. The number of thiophene rings is 1. The van der Waals surface area contributed by atoms with Crippen LogP contribution < -0.4 is 10.2 Å². The predicted octanol–water partition coefficient (Wildman–Crippen LogP) is 4.79. The maximum atomic E-state index is 13.8. The van der Waals surface area contributed by atoms with Crippen LogP contribution in [0.5, 0.6) is 0 Å². The van der Waals surface area contributed by atoms with E-state index in [0.717, 1.165) is 21.3 Å². The Morgan fingerprint density at radius 1 is 0.914 bits per heavy atom. The highest BCUT2D eigenvalue weighted by atomic mass is 32.1. The molecule has 0 aliphatic rings. The van der Waals surface area contributed by atoms with Crippen molar-refractivity contribution in [2.45, 2.75) is 12.6 Å². The summed E-state index contributed by atoms with van der Waals surface area (Å²) in [5.41, 5.74) is 2.39. The van der Waals surface area contributed by atoms with Crippen molar-refractivity contribution in [3.8, 4) is 0 Å². The van der Waals surface area contributed by atoms with Gasteiger partial charge in [-0.3, -0.25) is 24.5 Å². The standard InChI is InChI=1S/C27H21N5O2S/c33-26(31-16-19-7-2-1-3-8-19)25(24-11-6-14-35-24)32(27(34)23-18-28-12-13-29-23)21-15-20-9-4-5-10-22(20)30-17-21/h1-15,17-18,25H,16H2,(H,31,33). The fourth-order valence-corrected chi connectivity index (χ4v) is 4.62. The van der Waals surface area contributed by atoms with Crippen molar-refractivity contribution in [1.29, 1.82) is 0 Å². The van der Waals surface area contributed by atoms with Crippen LogP contribution in [0.3, 0.4) is 0 Å². The van der Waals surface area contributed by atoms with E-state index >= 15 is 0 Å². The highest BCUT2D eigenvalue weighted by Gasteiger charge is 2.35. The van der Waals surface area contributed by atoms with Crippen LogP contribution in [0.1, 0.15) is 27.0 Å². The lowest BCUT2D eigenvalue weighted by molar-refractivity contribution is -0.122. The van der Waals surface area contributed by atoms with Gasteiger partial charge in [-0.1, -0.05) is 54.6 Å². The average Bonchev–Trinajstić information content (AvgIpc) is 3.45. The van der Waals surface area contributed by atoms with E-state index < -0.39 is 11.9 Å². The van der Waals surface area contributed by atoms with Crippen molar-refractivity contribution >= 4 is 39.7 Å². The Balaban J connectivity index is 1.59. The summed E-state index contributed by atoms with van der Waals surface area (Å²) in [5.74, 6) is -0.745. The van der Waals surface area contributed by atoms with Gasteiger partial charge in [-0.2, -0.15) is 0 Å². The Labute approximate surface area is 206 Å². The lowest BCUT2D eigenvalue weighted by atomic mass is 10.1. The molecule has 2 aromatic carbocycles. The highest BCUT2D eigenvalue weighted by molar-refractivity contribution is 7.10. The zero-order valence-electron chi connectivity index (χ0n) is 18.6. The number of anilines is 1. The number of fused-ring (bicyclic) bond motifs is 1. The molecule has 8 heteroatoms. The lowest BCUT2D eigenvalue weighted by Gasteiger charge is -2.30. The van der Waals surface area contributed by atoms with E-state index in [9.17, 15) is 9.59 Å². The molecule has 1 N–H and O–H groups in total. The third-order valence-corrected chi connectivity index (χ3v) is 6.41. The fourth-order valence-electron chi connectivity index (χ4n) is 3.81. The van der Waals surface area contributed by atoms with E-state index in [-0.39, 0.29) is 11.6 Å². The Bertz CT molecular complexity index is 1440. The molecule has 0 saturated carbocycles. The first-order valence-corrected chi connectivity index (χ1v) is 11.9. The SMILES string of the molecule is O=C(NCc1ccccc1)C(c1cccs1)N(C(=O)c1cnccn1)c1cnc2ccccc2c1. The van der Waals surface area contributed by atoms with Crippen molar-refractivity contribution in [2.24, 2.45) is 0 Å². The van der Waals surface area contributed by atoms with E-state index in [4.69, 9.17) is 0 Å². The zero-order valence-corrected chi connectivity index (χ0v) is 19.4. The van der Waals surface area contributed by atoms with Crippen molar-refractivity contribution < 1.29 is 9.59 Å². The van der Waals surface area contributed by atoms with Gasteiger partial charge in [0, 0.05) is 29.2 Å². The van der Waals surface area contributed by atoms with Gasteiger partial charge in [0.15, 0.2) is 6.04 Å². The van der Waals surface area contributed by atoms with Gasteiger partial charge >= 0.3 is 0 Å². The van der Waals surface area contributed by atoms with Gasteiger partial charge in [-0.15, -0.1) is 11.3 Å². The molecule has 3 aromatic heterocycles. The second-order valence-electron chi connectivity index (χ2n) is 7.77. The van der Waals surface area contributed by atoms with Crippen molar-refractivity contribution in [1.82, 2.24) is 20.3 Å². The molecule has 5 rings (SSSR count). The molecule has 1 atom stereocenters. The van der Waals surface area contributed by atoms with Crippen LogP contribution in [0.25, 0.3) is 10.9 Å². The third-order valence-electron chi connectivity index (χ3n) is 5.48. The van der Waals surface area contributed by atoms with E-state index in [0.29, 0.717) is 12.2 Å². The quantitative estimate of drug-likeness (QED) is 0.363. The Morgan fingerprint density at radius 3 is 2.51 bits per heavy atom. The predicted molar refractivity (Wildman–Crippen MR) is 136 cm³/mol. The van der Waals surface area contributed by atoms with E-state index in [1.165, 1.54) is 34.8 Å². The summed E-state index contributed by atoms with van der Waals surface area (Å²) in [6, 6.07) is 21.9. The minimum Gasteiger partial charge on any atom is -0.350 e. The zero-order chi connectivity index (χ0) is 24.0. The first-order valence-electron chi connectivity index (χ1n) is 11.0. The number of hydrogen-bond donors (Lipinski definition) is 1. The number of hydrogen-bond acceptors (Lipinski definition) is 6. The first-order chi connectivity index (χ1) is 17.2. The highest BCUT2D eigenvalue weighted by Crippen LogP contribution is 2.33. The Morgan fingerprint density at radius 2 is 1.74 bits per heavy atom. The van der Waals surface area contributed by atoms with Crippen LogP contribution in [-0.2, 0) is 11.3 Å². The summed E-state index contributed by atoms with van der Waals surface area (Å²) in [6.07, 6.45) is 5.97. The summed E-state index contributed by atoms with van der Waals surface area (Å²) in [7, 11) is 0. The molecule has 2 amide bonds. The second kappa shape index (κ2) is 10.2. The maximum absolute atomic E-state index is 13.8. The van der Waals surface area contributed by atoms with Crippen LogP contribution in [0, 0.1) is 0 Å². The summed E-state index contributed by atoms with van der Waals surface area (Å²) in [6.45, 7) is 0.338. The van der Waals surface area contributed by atoms with Crippen LogP contribution in [0.2, 0.25) is 0 Å². The van der Waals surface area contributed by atoms with Gasteiger partial charge in [0.2, 0.25) is 5.91 Å². The number of aromatic nitrogens is 3. The monoisotopic (exact) mass is 479 g/mol. The van der Waals surface area contributed by atoms with Crippen LogP contribution in [-0.4, -0.2) is 26.8 Å². The molecule has 1 unspecified atom stereocenters. The minimum atomic E-state index is -0.920. The number of nitrogens with one attached hydrogen (secondary N) is 1. The number of pyridine rings is 1. The minimum absolute atomic E-state index is 0.137. The molecule has 0 spiro atoms. The van der Waals surface area contributed by atoms with Gasteiger partial charge < -0.3 is 5.32 Å². The lowest BCUT2D eigenvalue weighted by Crippen LogP contribution is -2.44.